The van der Waals surface area contributed by atoms with E-state index in [1.54, 1.807) is 18.2 Å². The van der Waals surface area contributed by atoms with E-state index in [4.69, 9.17) is 5.26 Å². The molecule has 13 heavy (non-hydrogen) atoms. The van der Waals surface area contributed by atoms with Gasteiger partial charge in [0.05, 0.1) is 39.9 Å². The minimum absolute atomic E-state index is 0.00471. The zero-order valence-corrected chi connectivity index (χ0v) is 8.21. The molecule has 1 heterocycles. The van der Waals surface area contributed by atoms with Crippen LogP contribution in [0, 0.1) is 11.3 Å². The molecule has 64 valence electrons. The van der Waals surface area contributed by atoms with Crippen LogP contribution in [0.2, 0.25) is 0 Å². The molecule has 0 saturated heterocycles. The molecule has 0 bridgehead atoms. The predicted octanol–water partition coefficient (Wildman–Crippen LogP) is 1.76. The zero-order chi connectivity index (χ0) is 9.42. The van der Waals surface area contributed by atoms with E-state index in [0.717, 1.165) is 11.3 Å². The molecule has 0 atom stereocenters. The number of carbonyl (C=O) groups is 1. The summed E-state index contributed by atoms with van der Waals surface area (Å²) < 4.78 is 1.43. The van der Waals surface area contributed by atoms with Crippen molar-refractivity contribution < 1.29 is 4.79 Å². The van der Waals surface area contributed by atoms with Gasteiger partial charge in [-0.05, 0) is 23.8 Å². The van der Waals surface area contributed by atoms with Crippen LogP contribution >= 0.6 is 16.1 Å². The number of carbonyl (C=O) groups excluding carboxylic acids is 1. The highest BCUT2D eigenvalue weighted by Gasteiger charge is 2.25. The Kier molecular flexibility index (Phi) is 1.82. The van der Waals surface area contributed by atoms with Gasteiger partial charge in [0.2, 0.25) is 5.91 Å². The van der Waals surface area contributed by atoms with Crippen LogP contribution in [0.15, 0.2) is 18.2 Å². The van der Waals surface area contributed by atoms with Crippen LogP contribution in [-0.2, 0) is 11.2 Å². The van der Waals surface area contributed by atoms with E-state index >= 15 is 0 Å². The quantitative estimate of drug-likeness (QED) is 0.645. The number of benzene rings is 1. The fourth-order valence-corrected chi connectivity index (χ4v) is 1.83. The molecule has 0 aromatic heterocycles. The molecular weight excluding hydrogens is 232 g/mol. The van der Waals surface area contributed by atoms with Gasteiger partial charge >= 0.3 is 0 Å². The lowest BCUT2D eigenvalue weighted by atomic mass is 10.1. The van der Waals surface area contributed by atoms with Gasteiger partial charge in [-0.15, -0.1) is 0 Å². The number of halogens is 1. The van der Waals surface area contributed by atoms with Gasteiger partial charge in [-0.1, -0.05) is 0 Å². The van der Waals surface area contributed by atoms with Crippen molar-refractivity contribution in [2.75, 3.05) is 3.93 Å². The third-order valence-electron chi connectivity index (χ3n) is 1.98. The lowest BCUT2D eigenvalue weighted by molar-refractivity contribution is -0.116. The van der Waals surface area contributed by atoms with Crippen molar-refractivity contribution in [2.24, 2.45) is 0 Å². The minimum Gasteiger partial charge on any atom is -0.273 e. The molecule has 1 aliphatic rings. The second-order valence-electron chi connectivity index (χ2n) is 2.81. The summed E-state index contributed by atoms with van der Waals surface area (Å²) in [5, 5.41) is 8.64. The predicted molar refractivity (Wildman–Crippen MR) is 51.3 cm³/mol. The summed E-state index contributed by atoms with van der Waals surface area (Å²) in [5.74, 6) is 0.00471. The van der Waals surface area contributed by atoms with Crippen molar-refractivity contribution in [3.8, 4) is 6.07 Å². The topological polar surface area (TPSA) is 44.1 Å². The molecule has 0 fully saturated rings. The average Bonchev–Trinajstić information content (AvgIpc) is 2.42. The van der Waals surface area contributed by atoms with Crippen molar-refractivity contribution in [1.82, 2.24) is 0 Å². The Morgan fingerprint density at radius 2 is 2.31 bits per heavy atom. The van der Waals surface area contributed by atoms with Gasteiger partial charge in [0.15, 0.2) is 0 Å². The maximum Gasteiger partial charge on any atom is 0.241 e. The zero-order valence-electron chi connectivity index (χ0n) is 6.62. The van der Waals surface area contributed by atoms with Crippen LogP contribution in [0.25, 0.3) is 0 Å². The van der Waals surface area contributed by atoms with Gasteiger partial charge in [-0.3, -0.25) is 4.79 Å². The Bertz CT molecular complexity index is 422. The largest absolute Gasteiger partial charge is 0.273 e. The lowest BCUT2D eigenvalue weighted by Crippen LogP contribution is -2.13. The SMILES string of the molecule is N#Cc1ccc2c(c1)CC(=O)N2Br. The highest BCUT2D eigenvalue weighted by atomic mass is 79.9. The fourth-order valence-electron chi connectivity index (χ4n) is 1.35. The third-order valence-corrected chi connectivity index (χ3v) is 2.76. The van der Waals surface area contributed by atoms with Gasteiger partial charge in [0, 0.05) is 0 Å². The Balaban J connectivity index is 2.54. The van der Waals surface area contributed by atoms with Crippen molar-refractivity contribution in [3.63, 3.8) is 0 Å². The van der Waals surface area contributed by atoms with Crippen molar-refractivity contribution in [1.29, 1.82) is 5.26 Å². The third kappa shape index (κ3) is 1.21. The molecule has 0 spiro atoms. The first-order valence-corrected chi connectivity index (χ1v) is 4.45. The standard InChI is InChI=1S/C9H5BrN2O/c10-12-8-2-1-6(5-11)3-7(8)4-9(12)13/h1-3H,4H2. The van der Waals surface area contributed by atoms with Crippen LogP contribution in [0.1, 0.15) is 11.1 Å². The fraction of sp³-hybridized carbons (Fsp3) is 0.111. The van der Waals surface area contributed by atoms with Crippen molar-refractivity contribution in [2.45, 2.75) is 6.42 Å². The molecular formula is C9H5BrN2O. The summed E-state index contributed by atoms with van der Waals surface area (Å²) in [7, 11) is 0. The number of amides is 1. The van der Waals surface area contributed by atoms with Gasteiger partial charge < -0.3 is 0 Å². The summed E-state index contributed by atoms with van der Waals surface area (Å²) in [6, 6.07) is 7.26. The van der Waals surface area contributed by atoms with Crippen molar-refractivity contribution >= 4 is 27.7 Å². The Labute approximate surface area is 83.9 Å². The number of fused-ring (bicyclic) bond motifs is 1. The number of anilines is 1. The summed E-state index contributed by atoms with van der Waals surface area (Å²) in [6.45, 7) is 0. The minimum atomic E-state index is 0.00471. The van der Waals surface area contributed by atoms with E-state index in [0.29, 0.717) is 12.0 Å². The molecule has 1 aliphatic heterocycles. The van der Waals surface area contributed by atoms with Gasteiger partial charge in [0.25, 0.3) is 0 Å². The molecule has 4 heteroatoms. The summed E-state index contributed by atoms with van der Waals surface area (Å²) in [4.78, 5) is 11.2. The number of nitriles is 1. The molecule has 0 unspecified atom stereocenters. The van der Waals surface area contributed by atoms with Crippen LogP contribution in [-0.4, -0.2) is 5.91 Å². The number of rotatable bonds is 0. The second kappa shape index (κ2) is 2.86. The van der Waals surface area contributed by atoms with Crippen LogP contribution in [0.4, 0.5) is 5.69 Å². The number of hydrogen-bond donors (Lipinski definition) is 0. The molecule has 1 aromatic carbocycles. The molecule has 0 N–H and O–H groups in total. The molecule has 3 nitrogen and oxygen atoms in total. The Hall–Kier alpha value is -1.34. The summed E-state index contributed by atoms with van der Waals surface area (Å²) >= 11 is 3.15. The first kappa shape index (κ1) is 8.27. The maximum atomic E-state index is 11.2. The van der Waals surface area contributed by atoms with Crippen LogP contribution < -0.4 is 3.93 Å². The van der Waals surface area contributed by atoms with E-state index in [9.17, 15) is 4.79 Å². The second-order valence-corrected chi connectivity index (χ2v) is 3.52. The Morgan fingerprint density at radius 3 is 3.00 bits per heavy atom. The van der Waals surface area contributed by atoms with E-state index < -0.39 is 0 Å². The molecule has 2 rings (SSSR count). The van der Waals surface area contributed by atoms with E-state index in [2.05, 4.69) is 16.1 Å². The summed E-state index contributed by atoms with van der Waals surface area (Å²) in [6.07, 6.45) is 0.371. The average molecular weight is 237 g/mol. The molecule has 0 radical (unpaired) electrons. The van der Waals surface area contributed by atoms with Gasteiger partial charge in [-0.25, -0.2) is 3.93 Å². The first-order valence-electron chi connectivity index (χ1n) is 3.74. The molecule has 0 saturated carbocycles. The van der Waals surface area contributed by atoms with Crippen LogP contribution in [0.3, 0.4) is 0 Å². The molecule has 1 amide bonds. The van der Waals surface area contributed by atoms with E-state index in [-0.39, 0.29) is 5.91 Å². The highest BCUT2D eigenvalue weighted by Crippen LogP contribution is 2.31. The summed E-state index contributed by atoms with van der Waals surface area (Å²) in [5.41, 5.74) is 2.33. The Morgan fingerprint density at radius 1 is 1.54 bits per heavy atom. The van der Waals surface area contributed by atoms with Gasteiger partial charge in [0.1, 0.15) is 0 Å². The van der Waals surface area contributed by atoms with E-state index in [1.165, 1.54) is 3.93 Å². The van der Waals surface area contributed by atoms with E-state index in [1.807, 2.05) is 6.07 Å². The molecule has 0 aliphatic carbocycles. The number of hydrogen-bond acceptors (Lipinski definition) is 2. The molecule has 1 aromatic rings. The highest BCUT2D eigenvalue weighted by molar-refractivity contribution is 9.10. The normalized spacial score (nSPS) is 14.2. The monoisotopic (exact) mass is 236 g/mol. The maximum absolute atomic E-state index is 11.2. The first-order chi connectivity index (χ1) is 6.22. The smallest absolute Gasteiger partial charge is 0.241 e. The van der Waals surface area contributed by atoms with Crippen LogP contribution in [0.5, 0.6) is 0 Å². The lowest BCUT2D eigenvalue weighted by Gasteiger charge is -2.05. The number of nitrogens with zero attached hydrogens (tertiary/aromatic N) is 2. The van der Waals surface area contributed by atoms with Crippen molar-refractivity contribution in [3.05, 3.63) is 29.3 Å². The van der Waals surface area contributed by atoms with Gasteiger partial charge in [-0.2, -0.15) is 5.26 Å².